The highest BCUT2D eigenvalue weighted by Crippen LogP contribution is 2.29. The van der Waals surface area contributed by atoms with E-state index in [2.05, 4.69) is 64.1 Å². The zero-order chi connectivity index (χ0) is 19.2. The summed E-state index contributed by atoms with van der Waals surface area (Å²) < 4.78 is 0. The normalized spacial score (nSPS) is 19.5. The van der Waals surface area contributed by atoms with Crippen molar-refractivity contribution in [3.8, 4) is 0 Å². The van der Waals surface area contributed by atoms with E-state index in [4.69, 9.17) is 0 Å². The van der Waals surface area contributed by atoms with E-state index in [1.807, 2.05) is 11.0 Å². The van der Waals surface area contributed by atoms with Crippen LogP contribution in [0.2, 0.25) is 0 Å². The topological polar surface area (TPSA) is 47.6 Å². The lowest BCUT2D eigenvalue weighted by atomic mass is 10.0. The van der Waals surface area contributed by atoms with Gasteiger partial charge in [-0.25, -0.2) is 0 Å². The Labute approximate surface area is 167 Å². The highest BCUT2D eigenvalue weighted by Gasteiger charge is 2.22. The molecule has 1 fully saturated rings. The Bertz CT molecular complexity index is 771. The first-order valence-electron chi connectivity index (χ1n) is 10.5. The lowest BCUT2D eigenvalue weighted by Crippen LogP contribution is -2.49. The number of para-hydroxylation sites is 2. The summed E-state index contributed by atoms with van der Waals surface area (Å²) in [4.78, 5) is 17.0. The molecule has 0 spiro atoms. The predicted octanol–water partition coefficient (Wildman–Crippen LogP) is 3.26. The van der Waals surface area contributed by atoms with Gasteiger partial charge in [-0.2, -0.15) is 0 Å². The molecule has 2 aliphatic rings. The summed E-state index contributed by atoms with van der Waals surface area (Å²) in [6.45, 7) is 5.18. The van der Waals surface area contributed by atoms with Gasteiger partial charge in [0.15, 0.2) is 0 Å². The molecule has 5 heteroatoms. The Morgan fingerprint density at radius 3 is 2.57 bits per heavy atom. The number of anilines is 2. The van der Waals surface area contributed by atoms with Crippen molar-refractivity contribution in [3.63, 3.8) is 0 Å². The fourth-order valence-electron chi connectivity index (χ4n) is 4.22. The van der Waals surface area contributed by atoms with Crippen molar-refractivity contribution in [3.05, 3.63) is 60.2 Å². The van der Waals surface area contributed by atoms with Crippen molar-refractivity contribution < 1.29 is 4.79 Å². The molecule has 2 aromatic carbocycles. The molecule has 0 bridgehead atoms. The van der Waals surface area contributed by atoms with Gasteiger partial charge in [0.05, 0.1) is 0 Å². The molecule has 0 aromatic heterocycles. The number of nitrogens with one attached hydrogen (secondary N) is 2. The number of hydrogen-bond donors (Lipinski definition) is 2. The maximum absolute atomic E-state index is 12.7. The molecule has 1 saturated heterocycles. The van der Waals surface area contributed by atoms with Gasteiger partial charge in [0, 0.05) is 63.1 Å². The van der Waals surface area contributed by atoms with Crippen LogP contribution in [0.25, 0.3) is 0 Å². The number of nitrogens with zero attached hydrogens (tertiary/aromatic N) is 2. The van der Waals surface area contributed by atoms with Gasteiger partial charge in [-0.05, 0) is 36.6 Å². The molecular weight excluding hydrogens is 348 g/mol. The molecule has 0 saturated carbocycles. The van der Waals surface area contributed by atoms with E-state index < -0.39 is 0 Å². The maximum Gasteiger partial charge on any atom is 0.223 e. The van der Waals surface area contributed by atoms with E-state index in [9.17, 15) is 4.79 Å². The summed E-state index contributed by atoms with van der Waals surface area (Å²) in [7, 11) is 0. The Balaban J connectivity index is 1.24. The highest BCUT2D eigenvalue weighted by molar-refractivity contribution is 5.76. The van der Waals surface area contributed by atoms with Gasteiger partial charge in [-0.15, -0.1) is 0 Å². The quantitative estimate of drug-likeness (QED) is 0.838. The lowest BCUT2D eigenvalue weighted by Gasteiger charge is -2.36. The van der Waals surface area contributed by atoms with Gasteiger partial charge in [-0.3, -0.25) is 4.79 Å². The molecular formula is C23H30N4O. The molecule has 2 N–H and O–H groups in total. The molecule has 0 radical (unpaired) electrons. The average molecular weight is 379 g/mol. The van der Waals surface area contributed by atoms with Gasteiger partial charge in [0.25, 0.3) is 0 Å². The molecule has 5 nitrogen and oxygen atoms in total. The number of fused-ring (bicyclic) bond motifs is 1. The van der Waals surface area contributed by atoms with Crippen LogP contribution in [0.4, 0.5) is 11.4 Å². The summed E-state index contributed by atoms with van der Waals surface area (Å²) in [6.07, 6.45) is 2.81. The fourth-order valence-corrected chi connectivity index (χ4v) is 4.22. The standard InChI is InChI=1S/C23H30N4O/c28-23(27-17-15-26(16-18-27)19-7-2-1-3-8-19)12-14-25-22-11-6-13-24-21-10-5-4-9-20(21)22/h1-5,7-10,22,24-25H,6,11-18H2. The molecule has 2 aromatic rings. The van der Waals surface area contributed by atoms with E-state index in [0.717, 1.165) is 52.1 Å². The van der Waals surface area contributed by atoms with Gasteiger partial charge in [0.1, 0.15) is 0 Å². The number of piperazine rings is 1. The second-order valence-corrected chi connectivity index (χ2v) is 7.62. The highest BCUT2D eigenvalue weighted by atomic mass is 16.2. The van der Waals surface area contributed by atoms with Crippen molar-refractivity contribution in [2.45, 2.75) is 25.3 Å². The van der Waals surface area contributed by atoms with Gasteiger partial charge in [0.2, 0.25) is 5.91 Å². The average Bonchev–Trinajstić information content (AvgIpc) is 2.97. The number of hydrogen-bond acceptors (Lipinski definition) is 4. The third kappa shape index (κ3) is 4.47. The van der Waals surface area contributed by atoms with Gasteiger partial charge >= 0.3 is 0 Å². The minimum Gasteiger partial charge on any atom is -0.385 e. The lowest BCUT2D eigenvalue weighted by molar-refractivity contribution is -0.131. The third-order valence-electron chi connectivity index (χ3n) is 5.80. The molecule has 2 aliphatic heterocycles. The van der Waals surface area contributed by atoms with E-state index in [-0.39, 0.29) is 5.91 Å². The van der Waals surface area contributed by atoms with Crippen LogP contribution in [0.1, 0.15) is 30.9 Å². The largest absolute Gasteiger partial charge is 0.385 e. The SMILES string of the molecule is O=C(CCNC1CCCNc2ccccc21)N1CCN(c2ccccc2)CC1. The zero-order valence-corrected chi connectivity index (χ0v) is 16.4. The summed E-state index contributed by atoms with van der Waals surface area (Å²) in [5.74, 6) is 0.264. The number of carbonyl (C=O) groups is 1. The molecule has 2 heterocycles. The van der Waals surface area contributed by atoms with E-state index in [1.165, 1.54) is 16.9 Å². The number of carbonyl (C=O) groups excluding carboxylic acids is 1. The summed E-state index contributed by atoms with van der Waals surface area (Å²) in [6, 6.07) is 19.3. The second kappa shape index (κ2) is 9.11. The molecule has 4 rings (SSSR count). The van der Waals surface area contributed by atoms with E-state index in [1.54, 1.807) is 0 Å². The number of rotatable bonds is 5. The molecule has 1 atom stereocenters. The Morgan fingerprint density at radius 2 is 1.75 bits per heavy atom. The van der Waals surface area contributed by atoms with Crippen LogP contribution in [0.3, 0.4) is 0 Å². The number of amides is 1. The summed E-state index contributed by atoms with van der Waals surface area (Å²) in [5.41, 5.74) is 3.79. The van der Waals surface area contributed by atoms with E-state index in [0.29, 0.717) is 12.5 Å². The maximum atomic E-state index is 12.7. The van der Waals surface area contributed by atoms with Crippen LogP contribution in [-0.2, 0) is 4.79 Å². The predicted molar refractivity (Wildman–Crippen MR) is 115 cm³/mol. The Hall–Kier alpha value is -2.53. The summed E-state index contributed by atoms with van der Waals surface area (Å²) >= 11 is 0. The van der Waals surface area contributed by atoms with Crippen LogP contribution >= 0.6 is 0 Å². The van der Waals surface area contributed by atoms with Crippen LogP contribution in [0.5, 0.6) is 0 Å². The minimum absolute atomic E-state index is 0.264. The van der Waals surface area contributed by atoms with Crippen LogP contribution in [0, 0.1) is 0 Å². The molecule has 1 unspecified atom stereocenters. The van der Waals surface area contributed by atoms with Crippen molar-refractivity contribution in [1.29, 1.82) is 0 Å². The first-order chi connectivity index (χ1) is 13.8. The summed E-state index contributed by atoms with van der Waals surface area (Å²) in [5, 5.41) is 7.13. The van der Waals surface area contributed by atoms with Crippen molar-refractivity contribution in [2.24, 2.45) is 0 Å². The second-order valence-electron chi connectivity index (χ2n) is 7.62. The molecule has 1 amide bonds. The van der Waals surface area contributed by atoms with Crippen LogP contribution in [0.15, 0.2) is 54.6 Å². The number of benzene rings is 2. The monoisotopic (exact) mass is 378 g/mol. The zero-order valence-electron chi connectivity index (χ0n) is 16.4. The molecule has 0 aliphatic carbocycles. The van der Waals surface area contributed by atoms with Crippen LogP contribution < -0.4 is 15.5 Å². The van der Waals surface area contributed by atoms with Crippen molar-refractivity contribution >= 4 is 17.3 Å². The van der Waals surface area contributed by atoms with E-state index >= 15 is 0 Å². The minimum atomic E-state index is 0.264. The molecule has 28 heavy (non-hydrogen) atoms. The van der Waals surface area contributed by atoms with Crippen molar-refractivity contribution in [2.75, 3.05) is 49.5 Å². The van der Waals surface area contributed by atoms with Crippen molar-refractivity contribution in [1.82, 2.24) is 10.2 Å². The first kappa shape index (κ1) is 18.8. The smallest absolute Gasteiger partial charge is 0.223 e. The van der Waals surface area contributed by atoms with Crippen LogP contribution in [-0.4, -0.2) is 50.1 Å². The fraction of sp³-hybridized carbons (Fsp3) is 0.435. The first-order valence-corrected chi connectivity index (χ1v) is 10.5. The van der Waals surface area contributed by atoms with Gasteiger partial charge in [-0.1, -0.05) is 36.4 Å². The van der Waals surface area contributed by atoms with Gasteiger partial charge < -0.3 is 20.4 Å². The Kier molecular flexibility index (Phi) is 6.12. The third-order valence-corrected chi connectivity index (χ3v) is 5.80. The molecule has 148 valence electrons. The Morgan fingerprint density at radius 1 is 1.00 bits per heavy atom.